The Balaban J connectivity index is 1.66. The SMILES string of the molecule is COC(=O)C1CC[NH+](Cn2nnn(-c3ccc(OC)cc3)c2=S)CC1. The number of ether oxygens (including phenoxy) is 2. The largest absolute Gasteiger partial charge is 0.497 e. The van der Waals surface area contributed by atoms with Crippen molar-refractivity contribution in [2.75, 3.05) is 27.3 Å². The maximum atomic E-state index is 11.6. The number of tetrazole rings is 1. The Morgan fingerprint density at radius 2 is 1.92 bits per heavy atom. The van der Waals surface area contributed by atoms with Gasteiger partial charge in [-0.15, -0.1) is 0 Å². The van der Waals surface area contributed by atoms with Gasteiger partial charge in [-0.1, -0.05) is 0 Å². The summed E-state index contributed by atoms with van der Waals surface area (Å²) in [6, 6.07) is 7.50. The molecule has 1 aliphatic heterocycles. The van der Waals surface area contributed by atoms with Gasteiger partial charge in [0.1, 0.15) is 5.75 Å². The zero-order chi connectivity index (χ0) is 17.8. The third-order valence-electron chi connectivity index (χ3n) is 4.56. The van der Waals surface area contributed by atoms with Crippen molar-refractivity contribution in [3.05, 3.63) is 29.0 Å². The lowest BCUT2D eigenvalue weighted by Gasteiger charge is -2.27. The highest BCUT2D eigenvalue weighted by Gasteiger charge is 2.28. The Morgan fingerprint density at radius 1 is 1.24 bits per heavy atom. The molecule has 25 heavy (non-hydrogen) atoms. The number of aromatic nitrogens is 4. The summed E-state index contributed by atoms with van der Waals surface area (Å²) in [4.78, 5) is 12.9. The van der Waals surface area contributed by atoms with Crippen LogP contribution in [0.1, 0.15) is 12.8 Å². The minimum atomic E-state index is -0.110. The van der Waals surface area contributed by atoms with Crippen molar-refractivity contribution < 1.29 is 19.2 Å². The zero-order valence-corrected chi connectivity index (χ0v) is 15.2. The molecule has 0 amide bonds. The Bertz CT molecular complexity index is 778. The van der Waals surface area contributed by atoms with Crippen LogP contribution < -0.4 is 9.64 Å². The van der Waals surface area contributed by atoms with E-state index in [0.717, 1.165) is 37.4 Å². The van der Waals surface area contributed by atoms with Crippen molar-refractivity contribution in [1.29, 1.82) is 0 Å². The van der Waals surface area contributed by atoms with E-state index in [9.17, 15) is 4.79 Å². The number of nitrogens with one attached hydrogen (secondary N) is 1. The Morgan fingerprint density at radius 3 is 2.52 bits per heavy atom. The van der Waals surface area contributed by atoms with Gasteiger partial charge in [-0.3, -0.25) is 4.79 Å². The average Bonchev–Trinajstić information content (AvgIpc) is 3.02. The monoisotopic (exact) mass is 364 g/mol. The molecular weight excluding hydrogens is 342 g/mol. The van der Waals surface area contributed by atoms with E-state index in [-0.39, 0.29) is 11.9 Å². The minimum absolute atomic E-state index is 0.0108. The van der Waals surface area contributed by atoms with E-state index >= 15 is 0 Å². The molecule has 3 rings (SSSR count). The first-order valence-electron chi connectivity index (χ1n) is 8.21. The number of methoxy groups -OCH3 is 2. The molecular formula is C16H22N5O3S+. The Kier molecular flexibility index (Phi) is 5.44. The fourth-order valence-corrected chi connectivity index (χ4v) is 3.30. The summed E-state index contributed by atoms with van der Waals surface area (Å²) in [5, 5.41) is 8.34. The molecule has 0 saturated carbocycles. The molecule has 0 bridgehead atoms. The molecule has 1 aromatic carbocycles. The number of carbonyl (C=O) groups is 1. The topological polar surface area (TPSA) is 75.6 Å². The van der Waals surface area contributed by atoms with Crippen molar-refractivity contribution in [2.45, 2.75) is 19.5 Å². The maximum absolute atomic E-state index is 11.6. The van der Waals surface area contributed by atoms with Gasteiger partial charge in [0.05, 0.1) is 38.9 Å². The fraction of sp³-hybridized carbons (Fsp3) is 0.500. The molecule has 1 fully saturated rings. The summed E-state index contributed by atoms with van der Waals surface area (Å²) >= 11 is 5.50. The number of hydrogen-bond acceptors (Lipinski definition) is 6. The van der Waals surface area contributed by atoms with Gasteiger partial charge >= 0.3 is 5.97 Å². The van der Waals surface area contributed by atoms with E-state index in [4.69, 9.17) is 21.7 Å². The summed E-state index contributed by atoms with van der Waals surface area (Å²) in [7, 11) is 3.07. The number of carbonyl (C=O) groups excluding carboxylic acids is 1. The molecule has 1 saturated heterocycles. The van der Waals surface area contributed by atoms with E-state index in [2.05, 4.69) is 10.4 Å². The summed E-state index contributed by atoms with van der Waals surface area (Å²) in [6.07, 6.45) is 1.64. The maximum Gasteiger partial charge on any atom is 0.309 e. The van der Waals surface area contributed by atoms with E-state index in [1.54, 1.807) is 16.5 Å². The van der Waals surface area contributed by atoms with Crippen molar-refractivity contribution in [1.82, 2.24) is 19.8 Å². The molecule has 0 spiro atoms. The summed E-state index contributed by atoms with van der Waals surface area (Å²) in [6.45, 7) is 2.41. The number of benzene rings is 1. The molecule has 134 valence electrons. The number of piperidine rings is 1. The van der Waals surface area contributed by atoms with Crippen molar-refractivity contribution in [3.8, 4) is 11.4 Å². The van der Waals surface area contributed by atoms with E-state index in [1.807, 2.05) is 24.3 Å². The quantitative estimate of drug-likeness (QED) is 0.605. The lowest BCUT2D eigenvalue weighted by atomic mass is 9.97. The molecule has 0 aliphatic carbocycles. The molecule has 1 N–H and O–H groups in total. The number of likely N-dealkylation sites (tertiary alicyclic amines) is 1. The lowest BCUT2D eigenvalue weighted by Crippen LogP contribution is -3.12. The van der Waals surface area contributed by atoms with E-state index in [1.165, 1.54) is 12.0 Å². The molecule has 2 heterocycles. The van der Waals surface area contributed by atoms with E-state index < -0.39 is 0 Å². The van der Waals surface area contributed by atoms with Crippen LogP contribution in [0.4, 0.5) is 0 Å². The number of quaternary nitrogens is 1. The van der Waals surface area contributed by atoms with Crippen LogP contribution in [0.3, 0.4) is 0 Å². The first kappa shape index (κ1) is 17.6. The second-order valence-electron chi connectivity index (χ2n) is 6.08. The molecule has 9 heteroatoms. The van der Waals surface area contributed by atoms with Gasteiger partial charge < -0.3 is 14.4 Å². The number of hydrogen-bond donors (Lipinski definition) is 1. The molecule has 0 unspecified atom stereocenters. The standard InChI is InChI=1S/C16H21N5O3S/c1-23-14-5-3-13(4-6-14)21-16(25)20(17-18-21)11-19-9-7-12(8-10-19)15(22)24-2/h3-6,12H,7-11H2,1-2H3/p+1. The van der Waals surface area contributed by atoms with E-state index in [0.29, 0.717) is 11.4 Å². The first-order valence-corrected chi connectivity index (χ1v) is 8.62. The van der Waals surface area contributed by atoms with Gasteiger partial charge in [0.25, 0.3) is 0 Å². The van der Waals surface area contributed by atoms with Crippen LogP contribution in [-0.4, -0.2) is 53.1 Å². The van der Waals surface area contributed by atoms with Gasteiger partial charge in [-0.05, 0) is 46.9 Å². The average molecular weight is 364 g/mol. The summed E-state index contributed by atoms with van der Waals surface area (Å²) in [5.41, 5.74) is 0.844. The smallest absolute Gasteiger partial charge is 0.309 e. The molecule has 8 nitrogen and oxygen atoms in total. The second kappa shape index (κ2) is 7.75. The van der Waals surface area contributed by atoms with Gasteiger partial charge in [0.15, 0.2) is 6.67 Å². The third-order valence-corrected chi connectivity index (χ3v) is 4.94. The van der Waals surface area contributed by atoms with Gasteiger partial charge in [-0.25, -0.2) is 0 Å². The van der Waals surface area contributed by atoms with Crippen LogP contribution >= 0.6 is 12.2 Å². The fourth-order valence-electron chi connectivity index (χ4n) is 3.06. The minimum Gasteiger partial charge on any atom is -0.497 e. The van der Waals surface area contributed by atoms with Crippen LogP contribution in [0.5, 0.6) is 5.75 Å². The first-order chi connectivity index (χ1) is 12.1. The number of nitrogens with zero attached hydrogens (tertiary/aromatic N) is 4. The Labute approximate surface area is 150 Å². The normalized spacial score (nSPS) is 20.2. The van der Waals surface area contributed by atoms with Crippen LogP contribution in [0, 0.1) is 10.7 Å². The van der Waals surface area contributed by atoms with Gasteiger partial charge in [0.2, 0.25) is 4.77 Å². The predicted molar refractivity (Wildman–Crippen MR) is 92.2 cm³/mol. The zero-order valence-electron chi connectivity index (χ0n) is 14.3. The highest BCUT2D eigenvalue weighted by molar-refractivity contribution is 7.71. The number of rotatable bonds is 5. The molecule has 0 radical (unpaired) electrons. The van der Waals surface area contributed by atoms with Crippen LogP contribution in [0.2, 0.25) is 0 Å². The van der Waals surface area contributed by atoms with Crippen molar-refractivity contribution in [2.24, 2.45) is 5.92 Å². The van der Waals surface area contributed by atoms with Crippen LogP contribution in [-0.2, 0) is 16.2 Å². The molecule has 1 aliphatic rings. The molecule has 0 atom stereocenters. The van der Waals surface area contributed by atoms with Crippen molar-refractivity contribution >= 4 is 18.2 Å². The molecule has 2 aromatic rings. The van der Waals surface area contributed by atoms with Crippen LogP contribution in [0.15, 0.2) is 24.3 Å². The van der Waals surface area contributed by atoms with Crippen LogP contribution in [0.25, 0.3) is 5.69 Å². The lowest BCUT2D eigenvalue weighted by molar-refractivity contribution is -0.929. The highest BCUT2D eigenvalue weighted by atomic mass is 32.1. The second-order valence-corrected chi connectivity index (χ2v) is 6.44. The van der Waals surface area contributed by atoms with Gasteiger partial charge in [-0.2, -0.15) is 9.36 Å². The van der Waals surface area contributed by atoms with Crippen molar-refractivity contribution in [3.63, 3.8) is 0 Å². The summed E-state index contributed by atoms with van der Waals surface area (Å²) in [5.74, 6) is 0.679. The third kappa shape index (κ3) is 3.88. The van der Waals surface area contributed by atoms with Gasteiger partial charge in [0, 0.05) is 12.8 Å². The molecule has 1 aromatic heterocycles. The highest BCUT2D eigenvalue weighted by Crippen LogP contribution is 2.14. The number of esters is 1. The Hall–Kier alpha value is -2.26. The summed E-state index contributed by atoms with van der Waals surface area (Å²) < 4.78 is 13.9. The predicted octanol–water partition coefficient (Wildman–Crippen LogP) is 0.232.